The van der Waals surface area contributed by atoms with E-state index in [0.29, 0.717) is 6.67 Å². The summed E-state index contributed by atoms with van der Waals surface area (Å²) < 4.78 is 5.71. The van der Waals surface area contributed by atoms with Crippen molar-refractivity contribution in [2.24, 2.45) is 0 Å². The number of carbonyl (C=O) groups excluding carboxylic acids is 1. The van der Waals surface area contributed by atoms with Gasteiger partial charge < -0.3 is 9.64 Å². The van der Waals surface area contributed by atoms with Crippen molar-refractivity contribution in [3.8, 4) is 0 Å². The molecule has 3 rings (SSSR count). The number of ether oxygens (including phenoxy) is 1. The summed E-state index contributed by atoms with van der Waals surface area (Å²) in [5, 5.41) is 3.33. The Labute approximate surface area is 120 Å². The topological polar surface area (TPSA) is 41.6 Å². The molecule has 0 aliphatic carbocycles. The summed E-state index contributed by atoms with van der Waals surface area (Å²) in [7, 11) is 0. The van der Waals surface area contributed by atoms with Crippen molar-refractivity contribution in [3.05, 3.63) is 35.9 Å². The summed E-state index contributed by atoms with van der Waals surface area (Å²) in [5.74, 6) is 0.205. The maximum Gasteiger partial charge on any atom is 0.241 e. The molecule has 4 heteroatoms. The minimum atomic E-state index is -0.0961. The first-order valence-corrected chi connectivity index (χ1v) is 7.45. The number of nitrogens with one attached hydrogen (secondary N) is 1. The molecule has 0 aromatic heterocycles. The molecule has 2 aliphatic heterocycles. The molecule has 2 aliphatic rings. The zero-order valence-electron chi connectivity index (χ0n) is 11.9. The van der Waals surface area contributed by atoms with E-state index in [0.717, 1.165) is 25.9 Å². The zero-order valence-corrected chi connectivity index (χ0v) is 11.9. The SMILES string of the molecule is CC(C1CCCO1)N1CNC(Cc2ccccc2)C1=O. The molecule has 1 N–H and O–H groups in total. The van der Waals surface area contributed by atoms with Gasteiger partial charge in [0.2, 0.25) is 5.91 Å². The number of amides is 1. The van der Waals surface area contributed by atoms with Crippen molar-refractivity contribution < 1.29 is 9.53 Å². The average molecular weight is 274 g/mol. The largest absolute Gasteiger partial charge is 0.376 e. The number of benzene rings is 1. The quantitative estimate of drug-likeness (QED) is 0.906. The van der Waals surface area contributed by atoms with Gasteiger partial charge in [0, 0.05) is 6.61 Å². The van der Waals surface area contributed by atoms with Gasteiger partial charge in [0.15, 0.2) is 0 Å². The smallest absolute Gasteiger partial charge is 0.241 e. The van der Waals surface area contributed by atoms with Crippen molar-refractivity contribution in [2.45, 2.75) is 44.4 Å². The monoisotopic (exact) mass is 274 g/mol. The van der Waals surface area contributed by atoms with Gasteiger partial charge in [-0.25, -0.2) is 0 Å². The molecule has 108 valence electrons. The van der Waals surface area contributed by atoms with E-state index in [1.54, 1.807) is 0 Å². The van der Waals surface area contributed by atoms with Crippen LogP contribution < -0.4 is 5.32 Å². The van der Waals surface area contributed by atoms with Crippen LogP contribution in [-0.2, 0) is 16.0 Å². The standard InChI is InChI=1S/C16H22N2O2/c1-12(15-8-5-9-20-15)18-11-17-14(16(18)19)10-13-6-3-2-4-7-13/h2-4,6-7,12,14-15,17H,5,8-11H2,1H3. The van der Waals surface area contributed by atoms with E-state index in [-0.39, 0.29) is 24.1 Å². The second kappa shape index (κ2) is 5.94. The fourth-order valence-electron chi connectivity index (χ4n) is 3.11. The Hall–Kier alpha value is -1.39. The summed E-state index contributed by atoms with van der Waals surface area (Å²) in [6, 6.07) is 10.2. The Balaban J connectivity index is 1.62. The van der Waals surface area contributed by atoms with Crippen LogP contribution in [0, 0.1) is 0 Å². The fourth-order valence-corrected chi connectivity index (χ4v) is 3.11. The second-order valence-corrected chi connectivity index (χ2v) is 5.70. The molecule has 0 radical (unpaired) electrons. The van der Waals surface area contributed by atoms with Gasteiger partial charge in [0.05, 0.1) is 24.9 Å². The van der Waals surface area contributed by atoms with Crippen LogP contribution in [0.1, 0.15) is 25.3 Å². The van der Waals surface area contributed by atoms with Gasteiger partial charge in [-0.05, 0) is 31.7 Å². The van der Waals surface area contributed by atoms with Gasteiger partial charge in [-0.1, -0.05) is 30.3 Å². The third-order valence-corrected chi connectivity index (χ3v) is 4.37. The van der Waals surface area contributed by atoms with Crippen molar-refractivity contribution >= 4 is 5.91 Å². The predicted octanol–water partition coefficient (Wildman–Crippen LogP) is 1.55. The lowest BCUT2D eigenvalue weighted by atomic mass is 10.0. The summed E-state index contributed by atoms with van der Waals surface area (Å²) in [5.41, 5.74) is 1.20. The summed E-state index contributed by atoms with van der Waals surface area (Å²) >= 11 is 0. The molecule has 20 heavy (non-hydrogen) atoms. The highest BCUT2D eigenvalue weighted by Crippen LogP contribution is 2.22. The summed E-state index contributed by atoms with van der Waals surface area (Å²) in [6.45, 7) is 3.57. The molecule has 1 amide bonds. The molecule has 1 aromatic rings. The Morgan fingerprint density at radius 2 is 2.20 bits per heavy atom. The Morgan fingerprint density at radius 1 is 1.40 bits per heavy atom. The first kappa shape index (κ1) is 13.6. The van der Waals surface area contributed by atoms with Crippen LogP contribution in [0.3, 0.4) is 0 Å². The van der Waals surface area contributed by atoms with E-state index in [9.17, 15) is 4.79 Å². The third-order valence-electron chi connectivity index (χ3n) is 4.37. The lowest BCUT2D eigenvalue weighted by Crippen LogP contribution is -2.43. The number of nitrogens with zero attached hydrogens (tertiary/aromatic N) is 1. The van der Waals surface area contributed by atoms with E-state index in [1.165, 1.54) is 5.56 Å². The van der Waals surface area contributed by atoms with Crippen LogP contribution >= 0.6 is 0 Å². The summed E-state index contributed by atoms with van der Waals surface area (Å²) in [4.78, 5) is 14.5. The van der Waals surface area contributed by atoms with Gasteiger partial charge in [0.1, 0.15) is 0 Å². The van der Waals surface area contributed by atoms with Crippen LogP contribution in [0.25, 0.3) is 0 Å². The lowest BCUT2D eigenvalue weighted by molar-refractivity contribution is -0.132. The molecule has 4 nitrogen and oxygen atoms in total. The number of carbonyl (C=O) groups is 1. The van der Waals surface area contributed by atoms with Crippen molar-refractivity contribution in [2.75, 3.05) is 13.3 Å². The van der Waals surface area contributed by atoms with Crippen LogP contribution in [0.15, 0.2) is 30.3 Å². The Bertz CT molecular complexity index is 457. The van der Waals surface area contributed by atoms with Gasteiger partial charge in [-0.2, -0.15) is 0 Å². The lowest BCUT2D eigenvalue weighted by Gasteiger charge is -2.28. The summed E-state index contributed by atoms with van der Waals surface area (Å²) in [6.07, 6.45) is 3.14. The fraction of sp³-hybridized carbons (Fsp3) is 0.562. The van der Waals surface area contributed by atoms with E-state index < -0.39 is 0 Å². The highest BCUT2D eigenvalue weighted by atomic mass is 16.5. The van der Waals surface area contributed by atoms with Gasteiger partial charge in [0.25, 0.3) is 0 Å². The minimum Gasteiger partial charge on any atom is -0.376 e. The van der Waals surface area contributed by atoms with Gasteiger partial charge in [-0.3, -0.25) is 10.1 Å². The zero-order chi connectivity index (χ0) is 13.9. The van der Waals surface area contributed by atoms with Gasteiger partial charge >= 0.3 is 0 Å². The highest BCUT2D eigenvalue weighted by molar-refractivity contribution is 5.84. The Morgan fingerprint density at radius 3 is 2.90 bits per heavy atom. The number of hydrogen-bond donors (Lipinski definition) is 1. The maximum absolute atomic E-state index is 12.5. The van der Waals surface area contributed by atoms with E-state index in [4.69, 9.17) is 4.74 Å². The van der Waals surface area contributed by atoms with Crippen LogP contribution in [0.2, 0.25) is 0 Å². The van der Waals surface area contributed by atoms with Crippen LogP contribution in [0.5, 0.6) is 0 Å². The predicted molar refractivity (Wildman–Crippen MR) is 77.2 cm³/mol. The number of rotatable bonds is 4. The Kier molecular flexibility index (Phi) is 4.03. The molecule has 2 fully saturated rings. The molecule has 3 unspecified atom stereocenters. The normalized spacial score (nSPS) is 28.1. The first-order chi connectivity index (χ1) is 9.75. The highest BCUT2D eigenvalue weighted by Gasteiger charge is 2.37. The molecule has 0 spiro atoms. The molecular formula is C16H22N2O2. The van der Waals surface area contributed by atoms with Crippen LogP contribution in [0.4, 0.5) is 0 Å². The molecule has 0 bridgehead atoms. The van der Waals surface area contributed by atoms with E-state index >= 15 is 0 Å². The molecule has 2 saturated heterocycles. The maximum atomic E-state index is 12.5. The van der Waals surface area contributed by atoms with E-state index in [1.807, 2.05) is 23.1 Å². The molecule has 2 heterocycles. The van der Waals surface area contributed by atoms with Crippen molar-refractivity contribution in [1.29, 1.82) is 0 Å². The molecule has 0 saturated carbocycles. The van der Waals surface area contributed by atoms with Crippen molar-refractivity contribution in [3.63, 3.8) is 0 Å². The minimum absolute atomic E-state index is 0.0961. The number of hydrogen-bond acceptors (Lipinski definition) is 3. The van der Waals surface area contributed by atoms with E-state index in [2.05, 4.69) is 24.4 Å². The molecule has 3 atom stereocenters. The molecular weight excluding hydrogens is 252 g/mol. The third kappa shape index (κ3) is 2.72. The van der Waals surface area contributed by atoms with Crippen molar-refractivity contribution in [1.82, 2.24) is 10.2 Å². The first-order valence-electron chi connectivity index (χ1n) is 7.45. The molecule has 1 aromatic carbocycles. The van der Waals surface area contributed by atoms with Gasteiger partial charge in [-0.15, -0.1) is 0 Å². The van der Waals surface area contributed by atoms with Crippen LogP contribution in [-0.4, -0.2) is 42.3 Å². The average Bonchev–Trinajstić information content (AvgIpc) is 3.11. The second-order valence-electron chi connectivity index (χ2n) is 5.70.